The van der Waals surface area contributed by atoms with Crippen LogP contribution in [0.15, 0.2) is 0 Å². The van der Waals surface area contributed by atoms with Crippen molar-refractivity contribution in [3.63, 3.8) is 0 Å². The number of urea groups is 1. The summed E-state index contributed by atoms with van der Waals surface area (Å²) in [6, 6.07) is -0.849. The molecule has 0 aromatic heterocycles. The normalized spacial score (nSPS) is 33.9. The highest BCUT2D eigenvalue weighted by Crippen LogP contribution is 2.18. The molecule has 8 nitrogen and oxygen atoms in total. The standard InChI is InChI=1S/C5H8N2O6/c1-5(13-11)2(8)6-4(9)7-3(5)12-10/h3,10-11H,1H3,(H2,6,7,8,9)/t3-,5?/m0/s1. The van der Waals surface area contributed by atoms with Gasteiger partial charge in [-0.1, -0.05) is 0 Å². The van der Waals surface area contributed by atoms with Gasteiger partial charge in [0, 0.05) is 0 Å². The SMILES string of the molecule is CC1(OO)C(=O)NC(=O)N[C@H]1OO. The highest BCUT2D eigenvalue weighted by atomic mass is 17.1. The van der Waals surface area contributed by atoms with Crippen molar-refractivity contribution in [2.75, 3.05) is 0 Å². The largest absolute Gasteiger partial charge is 0.323 e. The predicted octanol–water partition coefficient (Wildman–Crippen LogP) is -1.11. The molecule has 4 N–H and O–H groups in total. The fraction of sp³-hybridized carbons (Fsp3) is 0.600. The van der Waals surface area contributed by atoms with Gasteiger partial charge in [0.25, 0.3) is 5.91 Å². The first-order valence-electron chi connectivity index (χ1n) is 3.29. The number of hydrogen-bond donors (Lipinski definition) is 4. The number of rotatable bonds is 2. The van der Waals surface area contributed by atoms with Gasteiger partial charge in [-0.25, -0.2) is 19.8 Å². The Morgan fingerprint density at radius 2 is 2.08 bits per heavy atom. The Labute approximate surface area is 72.3 Å². The predicted molar refractivity (Wildman–Crippen MR) is 36.3 cm³/mol. The highest BCUT2D eigenvalue weighted by molar-refractivity contribution is 6.01. The fourth-order valence-electron chi connectivity index (χ4n) is 0.855. The molecular formula is C5H8N2O6. The van der Waals surface area contributed by atoms with Gasteiger partial charge in [-0.05, 0) is 6.92 Å². The Kier molecular flexibility index (Phi) is 2.48. The van der Waals surface area contributed by atoms with Gasteiger partial charge in [0.15, 0.2) is 0 Å². The minimum absolute atomic E-state index is 0.849. The molecule has 0 spiro atoms. The van der Waals surface area contributed by atoms with E-state index in [1.54, 1.807) is 0 Å². The van der Waals surface area contributed by atoms with Crippen molar-refractivity contribution in [1.29, 1.82) is 0 Å². The van der Waals surface area contributed by atoms with E-state index in [2.05, 4.69) is 9.78 Å². The van der Waals surface area contributed by atoms with Crippen molar-refractivity contribution in [2.24, 2.45) is 0 Å². The Bertz CT molecular complexity index is 243. The molecule has 1 aliphatic heterocycles. The molecule has 1 unspecified atom stereocenters. The molecule has 0 radical (unpaired) electrons. The number of amides is 3. The zero-order chi connectivity index (χ0) is 10.1. The summed E-state index contributed by atoms with van der Waals surface area (Å²) < 4.78 is 0. The molecule has 1 fully saturated rings. The van der Waals surface area contributed by atoms with Crippen LogP contribution in [0.25, 0.3) is 0 Å². The smallest absolute Gasteiger partial charge is 0.306 e. The number of carbonyl (C=O) groups is 2. The zero-order valence-electron chi connectivity index (χ0n) is 6.60. The zero-order valence-corrected chi connectivity index (χ0v) is 6.60. The molecule has 0 bridgehead atoms. The molecule has 2 atom stereocenters. The lowest BCUT2D eigenvalue weighted by Gasteiger charge is -2.34. The second-order valence-electron chi connectivity index (χ2n) is 2.61. The Hall–Kier alpha value is -1.22. The van der Waals surface area contributed by atoms with E-state index in [0.717, 1.165) is 6.92 Å². The van der Waals surface area contributed by atoms with Gasteiger partial charge in [-0.3, -0.25) is 15.4 Å². The van der Waals surface area contributed by atoms with Crippen LogP contribution in [0.2, 0.25) is 0 Å². The number of nitrogens with one attached hydrogen (secondary N) is 2. The van der Waals surface area contributed by atoms with Crippen LogP contribution in [0, 0.1) is 0 Å². The summed E-state index contributed by atoms with van der Waals surface area (Å²) in [6.45, 7) is 1.13. The molecule has 0 aromatic carbocycles. The maximum atomic E-state index is 11.1. The summed E-state index contributed by atoms with van der Waals surface area (Å²) in [5.41, 5.74) is -1.87. The maximum Gasteiger partial charge on any atom is 0.323 e. The van der Waals surface area contributed by atoms with E-state index in [9.17, 15) is 9.59 Å². The topological polar surface area (TPSA) is 117 Å². The summed E-state index contributed by atoms with van der Waals surface area (Å²) in [4.78, 5) is 29.3. The van der Waals surface area contributed by atoms with E-state index < -0.39 is 23.8 Å². The third kappa shape index (κ3) is 1.47. The van der Waals surface area contributed by atoms with Crippen LogP contribution in [0.3, 0.4) is 0 Å². The molecule has 74 valence electrons. The molecule has 1 saturated heterocycles. The van der Waals surface area contributed by atoms with Crippen LogP contribution in [0.4, 0.5) is 4.79 Å². The summed E-state index contributed by atoms with van der Waals surface area (Å²) >= 11 is 0. The molecule has 1 heterocycles. The van der Waals surface area contributed by atoms with Gasteiger partial charge >= 0.3 is 6.03 Å². The molecule has 1 aliphatic rings. The summed E-state index contributed by atoms with van der Waals surface area (Å²) in [5, 5.41) is 20.5. The first kappa shape index (κ1) is 9.86. The minimum atomic E-state index is -1.87. The Balaban J connectivity index is 2.90. The first-order valence-corrected chi connectivity index (χ1v) is 3.29. The quantitative estimate of drug-likeness (QED) is 0.325. The van der Waals surface area contributed by atoms with Gasteiger partial charge < -0.3 is 5.32 Å². The Morgan fingerprint density at radius 1 is 1.46 bits per heavy atom. The van der Waals surface area contributed by atoms with Crippen molar-refractivity contribution >= 4 is 11.9 Å². The highest BCUT2D eigenvalue weighted by Gasteiger charge is 2.50. The molecular weight excluding hydrogens is 184 g/mol. The van der Waals surface area contributed by atoms with E-state index in [4.69, 9.17) is 10.5 Å². The summed E-state index contributed by atoms with van der Waals surface area (Å²) in [6.07, 6.45) is -1.46. The molecule has 13 heavy (non-hydrogen) atoms. The molecule has 8 heteroatoms. The van der Waals surface area contributed by atoms with Crippen molar-refractivity contribution < 1.29 is 29.9 Å². The van der Waals surface area contributed by atoms with E-state index in [1.165, 1.54) is 0 Å². The van der Waals surface area contributed by atoms with Crippen LogP contribution >= 0.6 is 0 Å². The second-order valence-corrected chi connectivity index (χ2v) is 2.61. The van der Waals surface area contributed by atoms with Gasteiger partial charge in [0.05, 0.1) is 0 Å². The van der Waals surface area contributed by atoms with E-state index >= 15 is 0 Å². The van der Waals surface area contributed by atoms with Gasteiger partial charge in [0.1, 0.15) is 0 Å². The molecule has 0 saturated carbocycles. The van der Waals surface area contributed by atoms with Crippen LogP contribution in [0.5, 0.6) is 0 Å². The lowest BCUT2D eigenvalue weighted by molar-refractivity contribution is -0.380. The molecule has 0 aliphatic carbocycles. The lowest BCUT2D eigenvalue weighted by atomic mass is 10.0. The maximum absolute atomic E-state index is 11.1. The van der Waals surface area contributed by atoms with Crippen molar-refractivity contribution in [2.45, 2.75) is 18.8 Å². The van der Waals surface area contributed by atoms with Crippen LogP contribution in [0.1, 0.15) is 6.92 Å². The van der Waals surface area contributed by atoms with Crippen molar-refractivity contribution in [3.8, 4) is 0 Å². The van der Waals surface area contributed by atoms with Crippen LogP contribution in [-0.2, 0) is 14.6 Å². The van der Waals surface area contributed by atoms with Gasteiger partial charge in [0.2, 0.25) is 11.8 Å². The third-order valence-corrected chi connectivity index (χ3v) is 1.74. The molecule has 0 aromatic rings. The first-order chi connectivity index (χ1) is 6.04. The number of hydrogen-bond acceptors (Lipinski definition) is 6. The number of imide groups is 1. The van der Waals surface area contributed by atoms with E-state index in [-0.39, 0.29) is 0 Å². The second kappa shape index (κ2) is 3.26. The Morgan fingerprint density at radius 3 is 2.54 bits per heavy atom. The van der Waals surface area contributed by atoms with Crippen molar-refractivity contribution in [1.82, 2.24) is 10.6 Å². The summed E-state index contributed by atoms with van der Waals surface area (Å²) in [5.74, 6) is -0.919. The fourth-order valence-corrected chi connectivity index (χ4v) is 0.855. The van der Waals surface area contributed by atoms with Gasteiger partial charge in [-0.2, -0.15) is 0 Å². The third-order valence-electron chi connectivity index (χ3n) is 1.74. The molecule has 1 rings (SSSR count). The molecule has 3 amide bonds. The lowest BCUT2D eigenvalue weighted by Crippen LogP contribution is -2.69. The van der Waals surface area contributed by atoms with Crippen LogP contribution in [-0.4, -0.2) is 34.3 Å². The minimum Gasteiger partial charge on any atom is -0.306 e. The monoisotopic (exact) mass is 192 g/mol. The van der Waals surface area contributed by atoms with E-state index in [1.807, 2.05) is 10.6 Å². The number of carbonyl (C=O) groups excluding carboxylic acids is 2. The van der Waals surface area contributed by atoms with Crippen molar-refractivity contribution in [3.05, 3.63) is 0 Å². The van der Waals surface area contributed by atoms with Crippen LogP contribution < -0.4 is 10.6 Å². The summed E-state index contributed by atoms with van der Waals surface area (Å²) in [7, 11) is 0. The average molecular weight is 192 g/mol. The van der Waals surface area contributed by atoms with E-state index in [0.29, 0.717) is 0 Å². The average Bonchev–Trinajstić information content (AvgIpc) is 2.11. The van der Waals surface area contributed by atoms with Gasteiger partial charge in [-0.15, -0.1) is 0 Å².